The monoisotopic (exact) mass is 660 g/mol. The fourth-order valence-electron chi connectivity index (χ4n) is 7.12. The maximum Gasteiger partial charge on any atom is 0.181 e. The summed E-state index contributed by atoms with van der Waals surface area (Å²) in [4.78, 5) is 7.38. The van der Waals surface area contributed by atoms with Crippen LogP contribution in [-0.2, 0) is 18.3 Å². The van der Waals surface area contributed by atoms with Crippen molar-refractivity contribution in [1.82, 2.24) is 39.2 Å². The molecule has 1 saturated carbocycles. The lowest BCUT2D eigenvalue weighted by molar-refractivity contribution is 0.0322. The predicted molar refractivity (Wildman–Crippen MR) is 189 cm³/mol. The Morgan fingerprint density at radius 2 is 1.80 bits per heavy atom. The second kappa shape index (κ2) is 13.0. The number of aliphatic hydroxyl groups is 1. The third kappa shape index (κ3) is 6.34. The van der Waals surface area contributed by atoms with E-state index in [0.717, 1.165) is 107 Å². The van der Waals surface area contributed by atoms with Crippen LogP contribution in [0.1, 0.15) is 67.1 Å². The molecule has 1 aliphatic heterocycles. The van der Waals surface area contributed by atoms with Crippen molar-refractivity contribution in [3.05, 3.63) is 83.4 Å². The van der Waals surface area contributed by atoms with Gasteiger partial charge in [0, 0.05) is 72.6 Å². The molecular formula is C38H44N8O3. The van der Waals surface area contributed by atoms with Crippen LogP contribution in [0.2, 0.25) is 0 Å². The highest BCUT2D eigenvalue weighted by atomic mass is 16.5. The van der Waals surface area contributed by atoms with Gasteiger partial charge in [0.25, 0.3) is 0 Å². The molecule has 2 aromatic carbocycles. The summed E-state index contributed by atoms with van der Waals surface area (Å²) in [6, 6.07) is 16.1. The molecule has 0 radical (unpaired) electrons. The normalized spacial score (nSPS) is 16.3. The summed E-state index contributed by atoms with van der Waals surface area (Å²) in [6.45, 7) is 11.9. The maximum atomic E-state index is 11.2. The fraction of sp³-hybridized carbons (Fsp3) is 0.421. The Hall–Kier alpha value is -4.58. The molecule has 0 bridgehead atoms. The van der Waals surface area contributed by atoms with Gasteiger partial charge in [-0.25, -0.2) is 9.67 Å². The van der Waals surface area contributed by atoms with Crippen molar-refractivity contribution in [2.45, 2.75) is 58.1 Å². The highest BCUT2D eigenvalue weighted by Crippen LogP contribution is 2.44. The Balaban J connectivity index is 1.06. The van der Waals surface area contributed by atoms with Crippen LogP contribution in [0.25, 0.3) is 38.9 Å². The molecule has 8 rings (SSSR count). The number of benzene rings is 2. The maximum absolute atomic E-state index is 11.2. The Labute approximate surface area is 286 Å². The Kier molecular flexibility index (Phi) is 8.43. The third-order valence-electron chi connectivity index (χ3n) is 9.81. The van der Waals surface area contributed by atoms with E-state index >= 15 is 0 Å². The summed E-state index contributed by atoms with van der Waals surface area (Å²) < 4.78 is 17.2. The molecule has 49 heavy (non-hydrogen) atoms. The minimum Gasteiger partial charge on any atom is -0.492 e. The first-order valence-electron chi connectivity index (χ1n) is 17.4. The molecule has 11 heteroatoms. The number of aromatic nitrogens is 7. The van der Waals surface area contributed by atoms with Crippen molar-refractivity contribution in [3.63, 3.8) is 0 Å². The predicted octanol–water partition coefficient (Wildman–Crippen LogP) is 5.92. The van der Waals surface area contributed by atoms with Gasteiger partial charge in [0.05, 0.1) is 48.5 Å². The molecule has 1 saturated heterocycles. The van der Waals surface area contributed by atoms with E-state index in [1.54, 1.807) is 0 Å². The van der Waals surface area contributed by atoms with E-state index in [2.05, 4.69) is 47.6 Å². The van der Waals surface area contributed by atoms with E-state index in [1.165, 1.54) is 5.56 Å². The highest BCUT2D eigenvalue weighted by molar-refractivity contribution is 5.94. The van der Waals surface area contributed by atoms with Crippen LogP contribution in [0, 0.1) is 6.92 Å². The molecule has 4 aromatic heterocycles. The number of fused-ring (bicyclic) bond motifs is 2. The molecule has 1 aliphatic carbocycles. The van der Waals surface area contributed by atoms with Crippen LogP contribution < -0.4 is 4.74 Å². The standard InChI is InChI=1S/C38H44N8O3/c1-24(2)35-25(3)46(33-20-28-21-43(4)42-38(28)39-36(33)27-8-9-27)41-37(35)30-6-5-7-32-31(30)22-45(40-32)23-34(47)26-10-12-29(13-11-26)49-19-16-44-14-17-48-18-15-44/h5-7,10-13,20-22,24,27,34,47H,8-9,14-19,23H2,1-4H3/t34-/m0/s1. The molecule has 11 nitrogen and oxygen atoms in total. The molecule has 6 aromatic rings. The molecule has 0 spiro atoms. The quantitative estimate of drug-likeness (QED) is 0.182. The number of nitrogens with zero attached hydrogens (tertiary/aromatic N) is 8. The SMILES string of the molecule is Cc1c(C(C)C)c(-c2cccc3nn(C[C@H](O)c4ccc(OCCN5CCOCC5)cc4)cc23)nn1-c1cc2cn(C)nc2nc1C1CC1. The smallest absolute Gasteiger partial charge is 0.181 e. The van der Waals surface area contributed by atoms with Gasteiger partial charge in [0.2, 0.25) is 0 Å². The van der Waals surface area contributed by atoms with Crippen molar-refractivity contribution >= 4 is 21.9 Å². The molecular weight excluding hydrogens is 616 g/mol. The summed E-state index contributed by atoms with van der Waals surface area (Å²) in [5, 5.41) is 28.0. The average molecular weight is 661 g/mol. The van der Waals surface area contributed by atoms with Crippen molar-refractivity contribution in [1.29, 1.82) is 0 Å². The minimum absolute atomic E-state index is 0.252. The number of morpholine rings is 1. The number of ether oxygens (including phenoxy) is 2. The van der Waals surface area contributed by atoms with Gasteiger partial charge in [-0.05, 0) is 55.5 Å². The molecule has 5 heterocycles. The number of rotatable bonds is 11. The Morgan fingerprint density at radius 3 is 2.55 bits per heavy atom. The third-order valence-corrected chi connectivity index (χ3v) is 9.81. The topological polar surface area (TPSA) is 108 Å². The van der Waals surface area contributed by atoms with E-state index in [1.807, 2.05) is 65.2 Å². The molecule has 0 unspecified atom stereocenters. The Bertz CT molecular complexity index is 2100. The number of hydrogen-bond acceptors (Lipinski definition) is 8. The molecule has 2 fully saturated rings. The van der Waals surface area contributed by atoms with Crippen molar-refractivity contribution in [2.24, 2.45) is 7.05 Å². The van der Waals surface area contributed by atoms with Crippen molar-refractivity contribution < 1.29 is 14.6 Å². The largest absolute Gasteiger partial charge is 0.492 e. The molecule has 1 atom stereocenters. The lowest BCUT2D eigenvalue weighted by atomic mass is 9.95. The van der Waals surface area contributed by atoms with Crippen LogP contribution in [0.3, 0.4) is 0 Å². The van der Waals surface area contributed by atoms with E-state index < -0.39 is 6.10 Å². The molecule has 0 amide bonds. The van der Waals surface area contributed by atoms with Crippen molar-refractivity contribution in [2.75, 3.05) is 39.5 Å². The first-order valence-corrected chi connectivity index (χ1v) is 17.4. The van der Waals surface area contributed by atoms with Gasteiger partial charge in [-0.15, -0.1) is 0 Å². The molecule has 2 aliphatic rings. The number of pyridine rings is 1. The second-order valence-corrected chi connectivity index (χ2v) is 13.8. The first kappa shape index (κ1) is 31.7. The zero-order chi connectivity index (χ0) is 33.6. The van der Waals surface area contributed by atoms with Crippen LogP contribution >= 0.6 is 0 Å². The van der Waals surface area contributed by atoms with Gasteiger partial charge >= 0.3 is 0 Å². The summed E-state index contributed by atoms with van der Waals surface area (Å²) in [6.07, 6.45) is 5.61. The average Bonchev–Trinajstić information content (AvgIpc) is 3.62. The fourth-order valence-corrected chi connectivity index (χ4v) is 7.12. The van der Waals surface area contributed by atoms with E-state index in [-0.39, 0.29) is 5.92 Å². The van der Waals surface area contributed by atoms with Crippen LogP contribution in [-0.4, -0.2) is 83.8 Å². The number of aryl methyl sites for hydroxylation is 1. The van der Waals surface area contributed by atoms with E-state index in [4.69, 9.17) is 24.7 Å². The number of hydrogen-bond donors (Lipinski definition) is 1. The molecule has 254 valence electrons. The van der Waals surface area contributed by atoms with Crippen molar-refractivity contribution in [3.8, 4) is 22.7 Å². The van der Waals surface area contributed by atoms with Gasteiger partial charge in [-0.3, -0.25) is 14.3 Å². The van der Waals surface area contributed by atoms with Gasteiger partial charge in [-0.2, -0.15) is 15.3 Å². The first-order chi connectivity index (χ1) is 23.8. The molecule has 1 N–H and O–H groups in total. The lowest BCUT2D eigenvalue weighted by Gasteiger charge is -2.26. The summed E-state index contributed by atoms with van der Waals surface area (Å²) >= 11 is 0. The van der Waals surface area contributed by atoms with Crippen LogP contribution in [0.5, 0.6) is 5.75 Å². The van der Waals surface area contributed by atoms with Gasteiger partial charge in [-0.1, -0.05) is 38.1 Å². The van der Waals surface area contributed by atoms with E-state index in [9.17, 15) is 5.11 Å². The zero-order valence-electron chi connectivity index (χ0n) is 28.7. The van der Waals surface area contributed by atoms with E-state index in [0.29, 0.717) is 19.1 Å². The summed E-state index contributed by atoms with van der Waals surface area (Å²) in [7, 11) is 1.94. The number of aliphatic hydroxyl groups excluding tert-OH is 1. The Morgan fingerprint density at radius 1 is 1.00 bits per heavy atom. The summed E-state index contributed by atoms with van der Waals surface area (Å²) in [5.74, 6) is 1.49. The lowest BCUT2D eigenvalue weighted by Crippen LogP contribution is -2.38. The zero-order valence-corrected chi connectivity index (χ0v) is 28.7. The summed E-state index contributed by atoms with van der Waals surface area (Å²) in [5.41, 5.74) is 8.90. The van der Waals surface area contributed by atoms with Crippen LogP contribution in [0.15, 0.2) is 60.9 Å². The highest BCUT2D eigenvalue weighted by Gasteiger charge is 2.31. The van der Waals surface area contributed by atoms with Gasteiger partial charge in [0.1, 0.15) is 12.4 Å². The van der Waals surface area contributed by atoms with Gasteiger partial charge in [0.15, 0.2) is 5.65 Å². The minimum atomic E-state index is -0.719. The van der Waals surface area contributed by atoms with Crippen LogP contribution in [0.4, 0.5) is 0 Å². The second-order valence-electron chi connectivity index (χ2n) is 13.8. The van der Waals surface area contributed by atoms with Gasteiger partial charge < -0.3 is 14.6 Å².